The summed E-state index contributed by atoms with van der Waals surface area (Å²) in [5, 5.41) is 6.62. The van der Waals surface area contributed by atoms with Gasteiger partial charge in [-0.2, -0.15) is 0 Å². The molecule has 64 heavy (non-hydrogen) atoms. The maximum absolute atomic E-state index is 15.7. The van der Waals surface area contributed by atoms with E-state index < -0.39 is 97.7 Å². The van der Waals surface area contributed by atoms with Crippen molar-refractivity contribution in [2.24, 2.45) is 11.8 Å². The summed E-state index contributed by atoms with van der Waals surface area (Å²) in [6.07, 6.45) is 8.31. The topological polar surface area (TPSA) is 186 Å². The van der Waals surface area contributed by atoms with Gasteiger partial charge in [-0.3, -0.25) is 0 Å². The summed E-state index contributed by atoms with van der Waals surface area (Å²) in [7, 11) is -2.12. The molecule has 2 aromatic rings. The van der Waals surface area contributed by atoms with Crippen molar-refractivity contribution in [3.63, 3.8) is 0 Å². The Morgan fingerprint density at radius 1 is 1.02 bits per heavy atom. The SMILES string of the molecule is C=CC1[I-]C1(NC(=O)[C@@H]1C[C@@H]2CN1C(=O)[C@H](C1CCCCC1)NC(=O)O[C@@H]1C[C@H]1CCCCCc1c(nc3ccccc3c1O[C@H]1CCN(C)C[C@H]1F)O2)C(=O)NS(=O)(=O)C1(C)CC1. The predicted molar refractivity (Wildman–Crippen MR) is 231 cm³/mol. The first-order valence-electron chi connectivity index (χ1n) is 23.2. The Hall–Kier alpha value is -3.78. The quantitative estimate of drug-likeness (QED) is 0.144. The predicted octanol–water partition coefficient (Wildman–Crippen LogP) is 1.65. The first-order valence-corrected chi connectivity index (χ1v) is 27.0. The van der Waals surface area contributed by atoms with E-state index in [4.69, 9.17) is 19.2 Å². The van der Waals surface area contributed by atoms with Crippen molar-refractivity contribution in [1.29, 1.82) is 0 Å². The van der Waals surface area contributed by atoms with Crippen molar-refractivity contribution in [2.45, 2.75) is 152 Å². The molecule has 4 amide bonds. The summed E-state index contributed by atoms with van der Waals surface area (Å²) in [4.78, 5) is 65.8. The van der Waals surface area contributed by atoms with Gasteiger partial charge in [0.05, 0.1) is 0 Å². The summed E-state index contributed by atoms with van der Waals surface area (Å²) in [5.74, 6) is -1.04. The third-order valence-electron chi connectivity index (χ3n) is 14.6. The Balaban J connectivity index is 1.07. The zero-order chi connectivity index (χ0) is 45.0. The molecule has 3 N–H and O–H groups in total. The Morgan fingerprint density at radius 3 is 2.47 bits per heavy atom. The van der Waals surface area contributed by atoms with Crippen LogP contribution in [0.15, 0.2) is 36.9 Å². The second-order valence-corrected chi connectivity index (χ2v) is 25.2. The number of fused-ring (bicyclic) bond motifs is 5. The van der Waals surface area contributed by atoms with Crippen molar-refractivity contribution in [3.05, 3.63) is 42.5 Å². The average Bonchev–Trinajstić information content (AvgIpc) is 4.23. The number of alkyl halides is 3. The third kappa shape index (κ3) is 9.29. The molecule has 9 atom stereocenters. The van der Waals surface area contributed by atoms with Gasteiger partial charge in [0.25, 0.3) is 0 Å². The number of hydrogen-bond donors (Lipinski definition) is 3. The molecule has 0 radical (unpaired) electrons. The molecule has 9 rings (SSSR count). The van der Waals surface area contributed by atoms with Crippen LogP contribution in [-0.2, 0) is 35.6 Å². The minimum atomic E-state index is -4.01. The second kappa shape index (κ2) is 18.1. The van der Waals surface area contributed by atoms with Crippen molar-refractivity contribution >= 4 is 44.7 Å². The molecule has 4 aliphatic heterocycles. The molecule has 3 aliphatic carbocycles. The van der Waals surface area contributed by atoms with E-state index in [-0.39, 0.29) is 37.5 Å². The van der Waals surface area contributed by atoms with Gasteiger partial charge in [-0.15, -0.1) is 0 Å². The number of carbonyl (C=O) groups is 4. The minimum absolute atomic E-state index is 0.0138. The molecular formula is C46H61FIN6O9S-. The molecule has 2 bridgehead atoms. The van der Waals surface area contributed by atoms with Gasteiger partial charge in [-0.1, -0.05) is 12.5 Å². The number of amides is 4. The number of nitrogens with zero attached hydrogens (tertiary/aromatic N) is 3. The van der Waals surface area contributed by atoms with Crippen molar-refractivity contribution in [2.75, 3.05) is 26.7 Å². The normalized spacial score (nSPS) is 33.6. The summed E-state index contributed by atoms with van der Waals surface area (Å²) in [6, 6.07) is 5.41. The molecule has 3 saturated carbocycles. The van der Waals surface area contributed by atoms with Crippen LogP contribution in [0.5, 0.6) is 11.6 Å². The number of piperidine rings is 1. The van der Waals surface area contributed by atoms with E-state index in [2.05, 4.69) is 21.9 Å². The monoisotopic (exact) mass is 1020 g/mol. The first-order chi connectivity index (χ1) is 30.7. The maximum atomic E-state index is 15.7. The van der Waals surface area contributed by atoms with Gasteiger partial charge >= 0.3 is 326 Å². The number of benzene rings is 1. The second-order valence-electron chi connectivity index (χ2n) is 19.3. The number of sulfonamides is 1. The summed E-state index contributed by atoms with van der Waals surface area (Å²) in [6.45, 7) is 6.36. The molecule has 1 aromatic heterocycles. The molecule has 2 unspecified atom stereocenters. The number of pyridine rings is 1. The van der Waals surface area contributed by atoms with Gasteiger partial charge in [0.15, 0.2) is 0 Å². The molecule has 6 fully saturated rings. The number of ether oxygens (including phenoxy) is 3. The Bertz CT molecular complexity index is 2280. The van der Waals surface area contributed by atoms with E-state index in [1.807, 2.05) is 36.2 Å². The van der Waals surface area contributed by atoms with E-state index in [0.717, 1.165) is 56.8 Å². The van der Waals surface area contributed by atoms with Crippen LogP contribution < -0.4 is 46.0 Å². The van der Waals surface area contributed by atoms with Gasteiger partial charge in [-0.05, 0) is 19.9 Å². The number of halogens is 2. The Morgan fingerprint density at radius 2 is 1.75 bits per heavy atom. The zero-order valence-electron chi connectivity index (χ0n) is 36.7. The van der Waals surface area contributed by atoms with Gasteiger partial charge < -0.3 is 4.90 Å². The first kappa shape index (κ1) is 45.4. The fourth-order valence-electron chi connectivity index (χ4n) is 10.1. The summed E-state index contributed by atoms with van der Waals surface area (Å²) < 4.78 is 60.9. The number of nitrogens with one attached hydrogen (secondary N) is 3. The summed E-state index contributed by atoms with van der Waals surface area (Å²) in [5.41, 5.74) is 1.30. The van der Waals surface area contributed by atoms with Crippen molar-refractivity contribution < 1.29 is 67.4 Å². The molecule has 0 spiro atoms. The number of rotatable bonds is 9. The standard InChI is InChI=1S/C46H61FIN6O9S/c1-4-37-46(48-37,43(57)52-64(59,60)45(2)20-21-45)51-40(55)34-24-29-25-54(34)42(56)38(27-13-7-5-8-14-27)50-44(58)63-36-23-28(36)15-9-6-10-17-31-39(62-35-19-22-53(3)26-32(35)47)30-16-11-12-18-33(30)49-41(31)61-29/h4,11-12,16,18,27-29,32,34-38H,1,5-10,13-15,17,19-26H2,2-3H3,(H,50,58)(H,51,55)(H,52,57)/q-1/t28-,29-,32-,34+,35+,36-,37?,38+,46?/m1/s1. The van der Waals surface area contributed by atoms with Crippen molar-refractivity contribution in [3.8, 4) is 11.6 Å². The van der Waals surface area contributed by atoms with Crippen LogP contribution in [0, 0.1) is 11.8 Å². The molecule has 7 aliphatic rings. The zero-order valence-corrected chi connectivity index (χ0v) is 39.7. The van der Waals surface area contributed by atoms with Crippen LogP contribution in [0.3, 0.4) is 0 Å². The van der Waals surface area contributed by atoms with Crippen LogP contribution in [-0.4, -0.2) is 122 Å². The van der Waals surface area contributed by atoms with E-state index in [1.165, 1.54) is 4.90 Å². The molecule has 3 saturated heterocycles. The van der Waals surface area contributed by atoms with Gasteiger partial charge in [-0.25, -0.2) is 4.39 Å². The van der Waals surface area contributed by atoms with E-state index >= 15 is 9.18 Å². The van der Waals surface area contributed by atoms with Gasteiger partial charge in [0.1, 0.15) is 6.17 Å². The van der Waals surface area contributed by atoms with E-state index in [9.17, 15) is 22.8 Å². The number of carbonyl (C=O) groups excluding carboxylic acids is 4. The molecule has 18 heteroatoms. The molecule has 5 heterocycles. The number of likely N-dealkylation sites (tertiary alicyclic amines) is 1. The van der Waals surface area contributed by atoms with Crippen LogP contribution in [0.2, 0.25) is 0 Å². The fourth-order valence-corrected chi connectivity index (χ4v) is 14.2. The van der Waals surface area contributed by atoms with Gasteiger partial charge in [0, 0.05) is 13.1 Å². The Labute approximate surface area is 385 Å². The van der Waals surface area contributed by atoms with Crippen LogP contribution in [0.25, 0.3) is 10.9 Å². The third-order valence-corrected chi connectivity index (χ3v) is 20.6. The number of para-hydroxylation sites is 1. The van der Waals surface area contributed by atoms with Gasteiger partial charge in [0.2, 0.25) is 0 Å². The number of alkyl carbamates (subject to hydrolysis) is 1. The summed E-state index contributed by atoms with van der Waals surface area (Å²) >= 11 is -1.09. The average molecular weight is 1020 g/mol. The van der Waals surface area contributed by atoms with Crippen LogP contribution in [0.4, 0.5) is 9.18 Å². The van der Waals surface area contributed by atoms with Crippen molar-refractivity contribution in [1.82, 2.24) is 30.1 Å². The van der Waals surface area contributed by atoms with E-state index in [1.54, 1.807) is 13.0 Å². The number of hydrogen-bond acceptors (Lipinski definition) is 11. The van der Waals surface area contributed by atoms with Crippen LogP contribution >= 0.6 is 0 Å². The Kier molecular flexibility index (Phi) is 12.9. The molecule has 15 nitrogen and oxygen atoms in total. The molecule has 350 valence electrons. The van der Waals surface area contributed by atoms with Crippen LogP contribution in [0.1, 0.15) is 102 Å². The number of aromatic nitrogens is 1. The fraction of sp³-hybridized carbons (Fsp3) is 0.674. The molecule has 1 aromatic carbocycles. The molecular weight excluding hydrogens is 959 g/mol. The van der Waals surface area contributed by atoms with E-state index in [0.29, 0.717) is 67.8 Å².